The van der Waals surface area contributed by atoms with Gasteiger partial charge in [-0.15, -0.1) is 0 Å². The second-order valence-electron chi connectivity index (χ2n) is 9.90. The van der Waals surface area contributed by atoms with Crippen LogP contribution in [-0.4, -0.2) is 45.4 Å². The molecule has 1 N–H and O–H groups in total. The fourth-order valence-corrected chi connectivity index (χ4v) is 4.55. The van der Waals surface area contributed by atoms with Crippen LogP contribution in [0.4, 0.5) is 10.5 Å². The van der Waals surface area contributed by atoms with Gasteiger partial charge in [-0.05, 0) is 82.5 Å². The second-order valence-corrected chi connectivity index (χ2v) is 10.8. The molecule has 35 heavy (non-hydrogen) atoms. The number of ether oxygens (including phenoxy) is 1. The number of benzene rings is 2. The number of halogens is 1. The summed E-state index contributed by atoms with van der Waals surface area (Å²) in [7, 11) is 0. The number of likely N-dealkylation sites (tertiary alicyclic amines) is 1. The van der Waals surface area contributed by atoms with E-state index in [9.17, 15) is 9.59 Å². The maximum atomic E-state index is 13.3. The van der Waals surface area contributed by atoms with E-state index in [1.807, 2.05) is 74.8 Å². The number of aromatic nitrogens is 2. The van der Waals surface area contributed by atoms with Gasteiger partial charge in [0.25, 0.3) is 5.91 Å². The number of nitrogens with zero attached hydrogens (tertiary/aromatic N) is 3. The Morgan fingerprint density at radius 2 is 1.77 bits per heavy atom. The van der Waals surface area contributed by atoms with Gasteiger partial charge in [0, 0.05) is 29.2 Å². The smallest absolute Gasteiger partial charge is 0.410 e. The number of rotatable bonds is 4. The number of amides is 2. The third-order valence-corrected chi connectivity index (χ3v) is 6.46. The van der Waals surface area contributed by atoms with E-state index < -0.39 is 5.60 Å². The lowest BCUT2D eigenvalue weighted by molar-refractivity contribution is 0.0203. The van der Waals surface area contributed by atoms with E-state index >= 15 is 0 Å². The summed E-state index contributed by atoms with van der Waals surface area (Å²) in [5, 5.41) is 7.62. The van der Waals surface area contributed by atoms with Crippen LogP contribution in [0.2, 0.25) is 0 Å². The van der Waals surface area contributed by atoms with Gasteiger partial charge in [0.05, 0.1) is 23.1 Å². The van der Waals surface area contributed by atoms with E-state index in [1.165, 1.54) is 0 Å². The fourth-order valence-electron chi connectivity index (χ4n) is 4.28. The number of piperidine rings is 1. The van der Waals surface area contributed by atoms with Crippen molar-refractivity contribution in [3.8, 4) is 5.69 Å². The first kappa shape index (κ1) is 25.0. The summed E-state index contributed by atoms with van der Waals surface area (Å²) >= 11 is 3.42. The van der Waals surface area contributed by atoms with Crippen LogP contribution >= 0.6 is 15.9 Å². The highest BCUT2D eigenvalue weighted by atomic mass is 79.9. The Hall–Kier alpha value is -3.13. The van der Waals surface area contributed by atoms with Crippen molar-refractivity contribution in [2.45, 2.75) is 52.1 Å². The van der Waals surface area contributed by atoms with Crippen LogP contribution in [0, 0.1) is 6.92 Å². The zero-order valence-corrected chi connectivity index (χ0v) is 22.1. The van der Waals surface area contributed by atoms with Crippen LogP contribution in [0.3, 0.4) is 0 Å². The van der Waals surface area contributed by atoms with E-state index in [0.717, 1.165) is 34.3 Å². The van der Waals surface area contributed by atoms with Gasteiger partial charge in [-0.3, -0.25) is 4.79 Å². The van der Waals surface area contributed by atoms with Crippen LogP contribution < -0.4 is 5.32 Å². The molecule has 184 valence electrons. The maximum Gasteiger partial charge on any atom is 0.410 e. The van der Waals surface area contributed by atoms with E-state index in [-0.39, 0.29) is 17.9 Å². The Bertz CT molecular complexity index is 1210. The molecule has 1 fully saturated rings. The van der Waals surface area contributed by atoms with Gasteiger partial charge in [0.2, 0.25) is 0 Å². The molecule has 1 saturated heterocycles. The zero-order valence-electron chi connectivity index (χ0n) is 20.5. The van der Waals surface area contributed by atoms with Gasteiger partial charge < -0.3 is 15.0 Å². The van der Waals surface area contributed by atoms with Crippen molar-refractivity contribution in [2.24, 2.45) is 0 Å². The van der Waals surface area contributed by atoms with Gasteiger partial charge in [0.1, 0.15) is 5.60 Å². The van der Waals surface area contributed by atoms with Crippen LogP contribution in [0.25, 0.3) is 5.69 Å². The summed E-state index contributed by atoms with van der Waals surface area (Å²) in [5.41, 5.74) is 3.63. The normalized spacial score (nSPS) is 14.6. The van der Waals surface area contributed by atoms with Gasteiger partial charge in [-0.2, -0.15) is 5.10 Å². The summed E-state index contributed by atoms with van der Waals surface area (Å²) in [6.07, 6.45) is 2.79. The Morgan fingerprint density at radius 1 is 1.09 bits per heavy atom. The van der Waals surface area contributed by atoms with E-state index in [2.05, 4.69) is 32.4 Å². The minimum absolute atomic E-state index is 0.0716. The quantitative estimate of drug-likeness (QED) is 0.422. The lowest BCUT2D eigenvalue weighted by atomic mass is 9.90. The van der Waals surface area contributed by atoms with Crippen LogP contribution in [0.5, 0.6) is 0 Å². The van der Waals surface area contributed by atoms with Crippen molar-refractivity contribution in [1.82, 2.24) is 14.7 Å². The predicted molar refractivity (Wildman–Crippen MR) is 140 cm³/mol. The summed E-state index contributed by atoms with van der Waals surface area (Å²) in [6.45, 7) is 8.77. The molecule has 4 rings (SSSR count). The Balaban J connectivity index is 1.61. The van der Waals surface area contributed by atoms with Crippen LogP contribution in [0.1, 0.15) is 61.1 Å². The highest BCUT2D eigenvalue weighted by molar-refractivity contribution is 9.10. The highest BCUT2D eigenvalue weighted by Crippen LogP contribution is 2.33. The standard InChI is InChI=1S/C27H31BrN4O3/c1-18-6-5-7-22(16-18)32-24(19-12-14-31(15-13-19)26(34)35-27(2,3)4)23(17-29-32)25(33)30-21-10-8-20(28)9-11-21/h5-11,16-17,19H,12-15H2,1-4H3,(H,30,33). The third-order valence-electron chi connectivity index (χ3n) is 5.93. The molecule has 0 bridgehead atoms. The minimum atomic E-state index is -0.532. The van der Waals surface area contributed by atoms with Crippen molar-refractivity contribution in [2.75, 3.05) is 18.4 Å². The topological polar surface area (TPSA) is 76.5 Å². The molecular formula is C27H31BrN4O3. The second kappa shape index (κ2) is 10.2. The van der Waals surface area contributed by atoms with Crippen molar-refractivity contribution in [3.63, 3.8) is 0 Å². The van der Waals surface area contributed by atoms with E-state index in [1.54, 1.807) is 11.1 Å². The monoisotopic (exact) mass is 538 g/mol. The molecule has 0 atom stereocenters. The first-order chi connectivity index (χ1) is 16.6. The number of carbonyl (C=O) groups is 2. The molecule has 2 heterocycles. The fraction of sp³-hybridized carbons (Fsp3) is 0.370. The average molecular weight is 539 g/mol. The summed E-state index contributed by atoms with van der Waals surface area (Å²) in [5.74, 6) is -0.127. The molecule has 0 spiro atoms. The molecular weight excluding hydrogens is 508 g/mol. The molecule has 0 unspecified atom stereocenters. The van der Waals surface area contributed by atoms with Gasteiger partial charge in [-0.25, -0.2) is 9.48 Å². The third kappa shape index (κ3) is 6.11. The number of hydrogen-bond donors (Lipinski definition) is 1. The molecule has 2 aromatic carbocycles. The summed E-state index contributed by atoms with van der Waals surface area (Å²) in [4.78, 5) is 27.6. The van der Waals surface area contributed by atoms with E-state index in [0.29, 0.717) is 24.3 Å². The Morgan fingerprint density at radius 3 is 2.40 bits per heavy atom. The predicted octanol–water partition coefficient (Wildman–Crippen LogP) is 6.31. The van der Waals surface area contributed by atoms with Crippen molar-refractivity contribution >= 4 is 33.6 Å². The van der Waals surface area contributed by atoms with Gasteiger partial charge in [0.15, 0.2) is 0 Å². The average Bonchev–Trinajstić information content (AvgIpc) is 3.25. The molecule has 0 radical (unpaired) electrons. The lowest BCUT2D eigenvalue weighted by Gasteiger charge is -2.34. The summed E-state index contributed by atoms with van der Waals surface area (Å²) < 4.78 is 8.37. The molecule has 1 aliphatic rings. The molecule has 0 aliphatic carbocycles. The molecule has 1 aliphatic heterocycles. The van der Waals surface area contributed by atoms with Crippen molar-refractivity contribution < 1.29 is 14.3 Å². The van der Waals surface area contributed by atoms with Crippen molar-refractivity contribution in [3.05, 3.63) is 76.0 Å². The first-order valence-electron chi connectivity index (χ1n) is 11.8. The maximum absolute atomic E-state index is 13.3. The molecule has 2 amide bonds. The number of nitrogens with one attached hydrogen (secondary N) is 1. The number of hydrogen-bond acceptors (Lipinski definition) is 4. The number of aryl methyl sites for hydroxylation is 1. The molecule has 8 heteroatoms. The van der Waals surface area contributed by atoms with Crippen LogP contribution in [0.15, 0.2) is 59.2 Å². The molecule has 0 saturated carbocycles. The lowest BCUT2D eigenvalue weighted by Crippen LogP contribution is -2.41. The summed E-state index contributed by atoms with van der Waals surface area (Å²) in [6, 6.07) is 15.6. The minimum Gasteiger partial charge on any atom is -0.444 e. The highest BCUT2D eigenvalue weighted by Gasteiger charge is 2.32. The Labute approximate surface area is 214 Å². The van der Waals surface area contributed by atoms with Gasteiger partial charge >= 0.3 is 6.09 Å². The van der Waals surface area contributed by atoms with Crippen LogP contribution in [-0.2, 0) is 4.74 Å². The molecule has 3 aromatic rings. The van der Waals surface area contributed by atoms with Gasteiger partial charge in [-0.1, -0.05) is 28.1 Å². The zero-order chi connectivity index (χ0) is 25.2. The Kier molecular flexibility index (Phi) is 7.31. The number of carbonyl (C=O) groups excluding carboxylic acids is 2. The number of anilines is 1. The molecule has 1 aromatic heterocycles. The largest absolute Gasteiger partial charge is 0.444 e. The molecule has 7 nitrogen and oxygen atoms in total. The van der Waals surface area contributed by atoms with Crippen molar-refractivity contribution in [1.29, 1.82) is 0 Å². The van der Waals surface area contributed by atoms with E-state index in [4.69, 9.17) is 4.74 Å². The SMILES string of the molecule is Cc1cccc(-n2ncc(C(=O)Nc3ccc(Br)cc3)c2C2CCN(C(=O)OC(C)(C)C)CC2)c1. The first-order valence-corrected chi connectivity index (χ1v) is 12.6.